The third-order valence-corrected chi connectivity index (χ3v) is 5.16. The molecule has 2 N–H and O–H groups in total. The Morgan fingerprint density at radius 2 is 1.77 bits per heavy atom. The second-order valence-electron chi connectivity index (χ2n) is 7.10. The molecule has 8 heteroatoms. The first kappa shape index (κ1) is 18.7. The van der Waals surface area contributed by atoms with Crippen LogP contribution in [0.5, 0.6) is 0 Å². The zero-order valence-corrected chi connectivity index (χ0v) is 16.9. The summed E-state index contributed by atoms with van der Waals surface area (Å²) in [5, 5.41) is 18.8. The van der Waals surface area contributed by atoms with E-state index in [0.717, 1.165) is 22.2 Å². The minimum atomic E-state index is -0.322. The van der Waals surface area contributed by atoms with Gasteiger partial charge in [-0.15, -0.1) is 5.10 Å². The minimum Gasteiger partial charge on any atom is -0.436 e. The third-order valence-electron chi connectivity index (χ3n) is 5.16. The number of anilines is 1. The van der Waals surface area contributed by atoms with Crippen molar-refractivity contribution in [2.24, 2.45) is 0 Å². The lowest BCUT2D eigenvalue weighted by Gasteiger charge is -2.08. The second-order valence-corrected chi connectivity index (χ2v) is 7.10. The number of hydrogen-bond acceptors (Lipinski definition) is 6. The highest BCUT2D eigenvalue weighted by Crippen LogP contribution is 2.29. The van der Waals surface area contributed by atoms with E-state index in [1.165, 1.54) is 0 Å². The van der Waals surface area contributed by atoms with Crippen LogP contribution in [0.1, 0.15) is 21.6 Å². The summed E-state index contributed by atoms with van der Waals surface area (Å²) in [6, 6.07) is 16.9. The molecule has 0 bridgehead atoms. The van der Waals surface area contributed by atoms with Gasteiger partial charge in [0.2, 0.25) is 5.89 Å². The van der Waals surface area contributed by atoms with Gasteiger partial charge in [0, 0.05) is 11.1 Å². The number of oxazole rings is 1. The van der Waals surface area contributed by atoms with Crippen LogP contribution in [0.25, 0.3) is 33.8 Å². The van der Waals surface area contributed by atoms with Crippen molar-refractivity contribution >= 4 is 22.8 Å². The van der Waals surface area contributed by atoms with Gasteiger partial charge in [-0.3, -0.25) is 9.89 Å². The number of H-pyrrole nitrogens is 1. The number of benzene rings is 2. The number of carbonyl (C=O) groups is 1. The molecular formula is C23H18N6O2. The fourth-order valence-corrected chi connectivity index (χ4v) is 3.41. The molecule has 0 atom stereocenters. The number of nitrogens with zero attached hydrogens (tertiary/aromatic N) is 4. The highest BCUT2D eigenvalue weighted by atomic mass is 16.4. The number of carbonyl (C=O) groups excluding carboxylic acids is 1. The van der Waals surface area contributed by atoms with Crippen molar-refractivity contribution in [2.75, 3.05) is 5.32 Å². The molecule has 0 aliphatic rings. The van der Waals surface area contributed by atoms with E-state index in [1.807, 2.05) is 50.2 Å². The lowest BCUT2D eigenvalue weighted by molar-refractivity contribution is 0.102. The summed E-state index contributed by atoms with van der Waals surface area (Å²) in [6.07, 6.45) is 1.66. The largest absolute Gasteiger partial charge is 0.436 e. The quantitative estimate of drug-likeness (QED) is 0.450. The van der Waals surface area contributed by atoms with Gasteiger partial charge >= 0.3 is 0 Å². The van der Waals surface area contributed by atoms with Gasteiger partial charge < -0.3 is 9.73 Å². The molecule has 1 amide bonds. The van der Waals surface area contributed by atoms with Gasteiger partial charge in [0.05, 0.1) is 22.8 Å². The van der Waals surface area contributed by atoms with Crippen molar-refractivity contribution < 1.29 is 9.21 Å². The molecule has 3 aromatic heterocycles. The molecule has 0 aliphatic heterocycles. The van der Waals surface area contributed by atoms with E-state index in [-0.39, 0.29) is 5.91 Å². The SMILES string of the molecule is Cc1nnc2[nH]nc(NC(=O)c3ccccc3-c3ncc(-c4ccccc4)o3)c2c1C. The molecular weight excluding hydrogens is 392 g/mol. The lowest BCUT2D eigenvalue weighted by Crippen LogP contribution is -2.14. The van der Waals surface area contributed by atoms with Crippen LogP contribution < -0.4 is 5.32 Å². The van der Waals surface area contributed by atoms with Gasteiger partial charge in [-0.25, -0.2) is 4.98 Å². The van der Waals surface area contributed by atoms with Crippen LogP contribution in [0, 0.1) is 13.8 Å². The van der Waals surface area contributed by atoms with E-state index in [2.05, 4.69) is 30.7 Å². The molecule has 0 radical (unpaired) electrons. The highest BCUT2D eigenvalue weighted by molar-refractivity contribution is 6.11. The second kappa shape index (κ2) is 7.49. The number of amides is 1. The summed E-state index contributed by atoms with van der Waals surface area (Å²) in [7, 11) is 0. The van der Waals surface area contributed by atoms with E-state index in [0.29, 0.717) is 34.2 Å². The number of aromatic amines is 1. The first-order valence-electron chi connectivity index (χ1n) is 9.72. The van der Waals surface area contributed by atoms with Crippen LogP contribution in [0.4, 0.5) is 5.82 Å². The molecule has 2 aromatic carbocycles. The lowest BCUT2D eigenvalue weighted by atomic mass is 10.1. The molecule has 31 heavy (non-hydrogen) atoms. The molecule has 152 valence electrons. The van der Waals surface area contributed by atoms with Crippen molar-refractivity contribution in [3.8, 4) is 22.8 Å². The average Bonchev–Trinajstić information content (AvgIpc) is 3.45. The standard InChI is InChI=1S/C23H18N6O2/c1-13-14(2)26-28-21-19(13)20(27-29-21)25-22(30)16-10-6-7-11-17(16)23-24-12-18(31-23)15-8-4-3-5-9-15/h3-12H,1-2H3,(H2,25,27,28,29,30). The monoisotopic (exact) mass is 410 g/mol. The summed E-state index contributed by atoms with van der Waals surface area (Å²) >= 11 is 0. The van der Waals surface area contributed by atoms with E-state index in [9.17, 15) is 4.79 Å². The zero-order chi connectivity index (χ0) is 21.4. The predicted molar refractivity (Wildman–Crippen MR) is 116 cm³/mol. The first-order valence-corrected chi connectivity index (χ1v) is 9.72. The molecule has 5 aromatic rings. The van der Waals surface area contributed by atoms with Crippen LogP contribution in [0.3, 0.4) is 0 Å². The number of nitrogens with one attached hydrogen (secondary N) is 2. The maximum absolute atomic E-state index is 13.2. The van der Waals surface area contributed by atoms with Gasteiger partial charge in [0.25, 0.3) is 5.91 Å². The molecule has 5 rings (SSSR count). The maximum atomic E-state index is 13.2. The zero-order valence-electron chi connectivity index (χ0n) is 16.9. The van der Waals surface area contributed by atoms with Gasteiger partial charge in [-0.1, -0.05) is 42.5 Å². The van der Waals surface area contributed by atoms with Crippen LogP contribution >= 0.6 is 0 Å². The fraction of sp³-hybridized carbons (Fsp3) is 0.0870. The average molecular weight is 410 g/mol. The maximum Gasteiger partial charge on any atom is 0.257 e. The molecule has 0 fully saturated rings. The summed E-state index contributed by atoms with van der Waals surface area (Å²) < 4.78 is 5.96. The predicted octanol–water partition coefficient (Wildman–Crippen LogP) is 4.54. The molecule has 8 nitrogen and oxygen atoms in total. The van der Waals surface area contributed by atoms with E-state index < -0.39 is 0 Å². The Kier molecular flexibility index (Phi) is 4.51. The Hall–Kier alpha value is -4.33. The summed E-state index contributed by atoms with van der Waals surface area (Å²) in [5.41, 5.74) is 4.14. The number of rotatable bonds is 4. The molecule has 0 aliphatic carbocycles. The Morgan fingerprint density at radius 1 is 1.00 bits per heavy atom. The number of hydrogen-bond donors (Lipinski definition) is 2. The highest BCUT2D eigenvalue weighted by Gasteiger charge is 2.20. The van der Waals surface area contributed by atoms with Crippen LogP contribution in [0.2, 0.25) is 0 Å². The van der Waals surface area contributed by atoms with Gasteiger partial charge in [0.1, 0.15) is 0 Å². The molecule has 0 unspecified atom stereocenters. The third kappa shape index (κ3) is 3.33. The normalized spacial score (nSPS) is 11.0. The Balaban J connectivity index is 1.50. The van der Waals surface area contributed by atoms with Gasteiger partial charge in [-0.2, -0.15) is 10.2 Å². The number of fused-ring (bicyclic) bond motifs is 1. The smallest absolute Gasteiger partial charge is 0.257 e. The fourth-order valence-electron chi connectivity index (χ4n) is 3.41. The number of aromatic nitrogens is 5. The van der Waals surface area contributed by atoms with Crippen LogP contribution in [-0.2, 0) is 0 Å². The molecule has 3 heterocycles. The van der Waals surface area contributed by atoms with E-state index in [1.54, 1.807) is 24.4 Å². The Morgan fingerprint density at radius 3 is 2.61 bits per heavy atom. The molecule has 0 saturated heterocycles. The summed E-state index contributed by atoms with van der Waals surface area (Å²) in [4.78, 5) is 17.5. The summed E-state index contributed by atoms with van der Waals surface area (Å²) in [5.74, 6) is 1.09. The van der Waals surface area contributed by atoms with Gasteiger partial charge in [0.15, 0.2) is 17.2 Å². The van der Waals surface area contributed by atoms with Crippen molar-refractivity contribution in [3.63, 3.8) is 0 Å². The van der Waals surface area contributed by atoms with Crippen molar-refractivity contribution in [2.45, 2.75) is 13.8 Å². The molecule has 0 saturated carbocycles. The van der Waals surface area contributed by atoms with E-state index >= 15 is 0 Å². The number of aryl methyl sites for hydroxylation is 2. The van der Waals surface area contributed by atoms with Crippen LogP contribution in [-0.4, -0.2) is 31.3 Å². The van der Waals surface area contributed by atoms with Crippen LogP contribution in [0.15, 0.2) is 65.2 Å². The Labute approximate surface area is 177 Å². The van der Waals surface area contributed by atoms with E-state index in [4.69, 9.17) is 4.42 Å². The topological polar surface area (TPSA) is 110 Å². The van der Waals surface area contributed by atoms with Gasteiger partial charge in [-0.05, 0) is 31.5 Å². The van der Waals surface area contributed by atoms with Crippen molar-refractivity contribution in [1.82, 2.24) is 25.4 Å². The molecule has 0 spiro atoms. The van der Waals surface area contributed by atoms with Crippen molar-refractivity contribution in [1.29, 1.82) is 0 Å². The Bertz CT molecular complexity index is 1400. The minimum absolute atomic E-state index is 0.322. The summed E-state index contributed by atoms with van der Waals surface area (Å²) in [6.45, 7) is 3.78. The first-order chi connectivity index (χ1) is 15.1. The van der Waals surface area contributed by atoms with Crippen molar-refractivity contribution in [3.05, 3.63) is 77.6 Å².